The van der Waals surface area contributed by atoms with Crippen LogP contribution in [0.1, 0.15) is 29.6 Å². The summed E-state index contributed by atoms with van der Waals surface area (Å²) in [5.74, 6) is 1.32. The van der Waals surface area contributed by atoms with Crippen molar-refractivity contribution in [3.63, 3.8) is 0 Å². The van der Waals surface area contributed by atoms with Gasteiger partial charge >= 0.3 is 0 Å². The predicted octanol–water partition coefficient (Wildman–Crippen LogP) is 2.61. The van der Waals surface area contributed by atoms with E-state index in [2.05, 4.69) is 15.9 Å². The number of piperidine rings is 1. The molecule has 0 atom stereocenters. The quantitative estimate of drug-likeness (QED) is 0.720. The predicted molar refractivity (Wildman–Crippen MR) is 101 cm³/mol. The molecule has 1 aromatic rings. The number of ether oxygens (including phenoxy) is 3. The molecular formula is C17H24BrClN2O4. The molecule has 0 radical (unpaired) electrons. The summed E-state index contributed by atoms with van der Waals surface area (Å²) in [6.07, 6.45) is 2.83. The average Bonchev–Trinajstić information content (AvgIpc) is 2.62. The van der Waals surface area contributed by atoms with Gasteiger partial charge in [0.1, 0.15) is 13.2 Å². The van der Waals surface area contributed by atoms with Crippen molar-refractivity contribution in [3.8, 4) is 11.5 Å². The smallest absolute Gasteiger partial charge is 0.254 e. The molecule has 1 saturated heterocycles. The van der Waals surface area contributed by atoms with Crippen molar-refractivity contribution in [2.75, 3.05) is 39.5 Å². The molecule has 1 amide bonds. The van der Waals surface area contributed by atoms with Gasteiger partial charge in [0.05, 0.1) is 10.6 Å². The summed E-state index contributed by atoms with van der Waals surface area (Å²) in [5.41, 5.74) is 6.09. The van der Waals surface area contributed by atoms with E-state index in [1.807, 2.05) is 4.90 Å². The first-order valence-electron chi connectivity index (χ1n) is 8.39. The second-order valence-electron chi connectivity index (χ2n) is 5.99. The minimum atomic E-state index is 0. The van der Waals surface area contributed by atoms with E-state index in [0.29, 0.717) is 56.5 Å². The molecule has 2 heterocycles. The Kier molecular flexibility index (Phi) is 7.81. The van der Waals surface area contributed by atoms with Crippen LogP contribution in [0.25, 0.3) is 0 Å². The van der Waals surface area contributed by atoms with E-state index in [4.69, 9.17) is 19.9 Å². The molecule has 1 fully saturated rings. The van der Waals surface area contributed by atoms with E-state index in [9.17, 15) is 4.79 Å². The number of benzene rings is 1. The van der Waals surface area contributed by atoms with E-state index in [1.165, 1.54) is 0 Å². The van der Waals surface area contributed by atoms with Gasteiger partial charge in [0.15, 0.2) is 11.5 Å². The van der Waals surface area contributed by atoms with Crippen LogP contribution < -0.4 is 15.2 Å². The highest BCUT2D eigenvalue weighted by Crippen LogP contribution is 2.38. The number of halogens is 2. The zero-order valence-corrected chi connectivity index (χ0v) is 16.4. The Balaban J connectivity index is 0.00000225. The van der Waals surface area contributed by atoms with Crippen molar-refractivity contribution in [2.45, 2.75) is 25.4 Å². The molecule has 8 heteroatoms. The number of hydrogen-bond donors (Lipinski definition) is 1. The van der Waals surface area contributed by atoms with Gasteiger partial charge in [0, 0.05) is 25.3 Å². The fourth-order valence-corrected chi connectivity index (χ4v) is 3.53. The van der Waals surface area contributed by atoms with E-state index < -0.39 is 0 Å². The Hall–Kier alpha value is -1.02. The zero-order chi connectivity index (χ0) is 16.9. The molecule has 0 saturated carbocycles. The Morgan fingerprint density at radius 1 is 1.28 bits per heavy atom. The van der Waals surface area contributed by atoms with Crippen molar-refractivity contribution in [2.24, 2.45) is 5.73 Å². The molecule has 25 heavy (non-hydrogen) atoms. The summed E-state index contributed by atoms with van der Waals surface area (Å²) < 4.78 is 17.7. The first-order chi connectivity index (χ1) is 11.7. The van der Waals surface area contributed by atoms with Gasteiger partial charge in [0.25, 0.3) is 5.91 Å². The number of likely N-dealkylation sites (tertiary alicyclic amines) is 1. The molecule has 0 aliphatic carbocycles. The Morgan fingerprint density at radius 3 is 2.72 bits per heavy atom. The number of fused-ring (bicyclic) bond motifs is 1. The van der Waals surface area contributed by atoms with Gasteiger partial charge in [-0.1, -0.05) is 0 Å². The first kappa shape index (κ1) is 20.3. The maximum absolute atomic E-state index is 12.8. The lowest BCUT2D eigenvalue weighted by atomic mass is 10.1. The molecule has 0 aromatic heterocycles. The second kappa shape index (κ2) is 9.62. The third kappa shape index (κ3) is 5.00. The number of carbonyl (C=O) groups excluding carboxylic acids is 1. The van der Waals surface area contributed by atoms with Crippen LogP contribution in [0.15, 0.2) is 16.6 Å². The maximum Gasteiger partial charge on any atom is 0.254 e. The summed E-state index contributed by atoms with van der Waals surface area (Å²) >= 11 is 3.46. The molecule has 140 valence electrons. The van der Waals surface area contributed by atoms with Crippen LogP contribution in [0.2, 0.25) is 0 Å². The molecule has 3 rings (SSSR count). The van der Waals surface area contributed by atoms with Crippen LogP contribution in [-0.2, 0) is 4.74 Å². The van der Waals surface area contributed by atoms with E-state index in [-0.39, 0.29) is 24.4 Å². The van der Waals surface area contributed by atoms with Gasteiger partial charge in [-0.25, -0.2) is 0 Å². The monoisotopic (exact) mass is 434 g/mol. The Labute approximate surface area is 162 Å². The largest absolute Gasteiger partial charge is 0.486 e. The molecule has 1 aromatic carbocycles. The maximum atomic E-state index is 12.8. The lowest BCUT2D eigenvalue weighted by Gasteiger charge is -2.32. The van der Waals surface area contributed by atoms with Crippen molar-refractivity contribution >= 4 is 34.2 Å². The normalized spacial score (nSPS) is 17.1. The van der Waals surface area contributed by atoms with E-state index >= 15 is 0 Å². The van der Waals surface area contributed by atoms with E-state index in [1.54, 1.807) is 12.1 Å². The summed E-state index contributed by atoms with van der Waals surface area (Å²) in [7, 11) is 0. The van der Waals surface area contributed by atoms with Gasteiger partial charge in [0.2, 0.25) is 0 Å². The fourth-order valence-electron chi connectivity index (χ4n) is 2.98. The average molecular weight is 436 g/mol. The summed E-state index contributed by atoms with van der Waals surface area (Å²) in [6, 6.07) is 3.57. The van der Waals surface area contributed by atoms with Crippen LogP contribution >= 0.6 is 28.3 Å². The van der Waals surface area contributed by atoms with Gasteiger partial charge in [-0.3, -0.25) is 4.79 Å². The van der Waals surface area contributed by atoms with Crippen LogP contribution in [0.3, 0.4) is 0 Å². The topological polar surface area (TPSA) is 74.0 Å². The van der Waals surface area contributed by atoms with Gasteiger partial charge in [-0.2, -0.15) is 0 Å². The number of nitrogens with two attached hydrogens (primary N) is 1. The van der Waals surface area contributed by atoms with Crippen LogP contribution in [0.5, 0.6) is 11.5 Å². The second-order valence-corrected chi connectivity index (χ2v) is 6.84. The van der Waals surface area contributed by atoms with Crippen molar-refractivity contribution < 1.29 is 19.0 Å². The molecule has 6 nitrogen and oxygen atoms in total. The Bertz CT molecular complexity index is 594. The molecule has 0 bridgehead atoms. The van der Waals surface area contributed by atoms with E-state index in [0.717, 1.165) is 23.7 Å². The number of hydrogen-bond acceptors (Lipinski definition) is 5. The zero-order valence-electron chi connectivity index (χ0n) is 14.0. The van der Waals surface area contributed by atoms with Gasteiger partial charge in [-0.05, 0) is 53.9 Å². The van der Waals surface area contributed by atoms with Crippen LogP contribution in [-0.4, -0.2) is 56.4 Å². The number of carbonyl (C=O) groups is 1. The van der Waals surface area contributed by atoms with Crippen molar-refractivity contribution in [1.29, 1.82) is 0 Å². The lowest BCUT2D eigenvalue weighted by molar-refractivity contribution is 0.00842. The molecule has 2 aliphatic heterocycles. The number of rotatable bonds is 5. The molecule has 2 aliphatic rings. The van der Waals surface area contributed by atoms with Crippen molar-refractivity contribution in [1.82, 2.24) is 4.90 Å². The minimum Gasteiger partial charge on any atom is -0.486 e. The summed E-state index contributed by atoms with van der Waals surface area (Å²) in [4.78, 5) is 14.6. The first-order valence-corrected chi connectivity index (χ1v) is 9.18. The SMILES string of the molecule is Cl.NCCCOC1CCN(C(=O)c2cc(Br)c3c(c2)OCCO3)CC1. The molecule has 0 unspecified atom stereocenters. The number of amides is 1. The highest BCUT2D eigenvalue weighted by molar-refractivity contribution is 9.10. The minimum absolute atomic E-state index is 0. The van der Waals surface area contributed by atoms with Crippen LogP contribution in [0, 0.1) is 0 Å². The summed E-state index contributed by atoms with van der Waals surface area (Å²) in [5, 5.41) is 0. The third-order valence-corrected chi connectivity index (χ3v) is 4.86. The van der Waals surface area contributed by atoms with Gasteiger partial charge in [-0.15, -0.1) is 12.4 Å². The summed E-state index contributed by atoms with van der Waals surface area (Å²) in [6.45, 7) is 3.79. The van der Waals surface area contributed by atoms with Crippen molar-refractivity contribution in [3.05, 3.63) is 22.2 Å². The third-order valence-electron chi connectivity index (χ3n) is 4.27. The fraction of sp³-hybridized carbons (Fsp3) is 0.588. The standard InChI is InChI=1S/C17H23BrN2O4.ClH/c18-14-10-12(11-15-16(14)24-9-8-23-15)17(21)20-5-2-13(3-6-20)22-7-1-4-19;/h10-11,13H,1-9,19H2;1H. The highest BCUT2D eigenvalue weighted by Gasteiger charge is 2.26. The molecular weight excluding hydrogens is 412 g/mol. The van der Waals surface area contributed by atoms with Gasteiger partial charge < -0.3 is 24.8 Å². The molecule has 2 N–H and O–H groups in total. The number of nitrogens with zero attached hydrogens (tertiary/aromatic N) is 1. The highest BCUT2D eigenvalue weighted by atomic mass is 79.9. The molecule has 0 spiro atoms. The Morgan fingerprint density at radius 2 is 2.00 bits per heavy atom. The lowest BCUT2D eigenvalue weighted by Crippen LogP contribution is -2.41. The van der Waals surface area contributed by atoms with Crippen LogP contribution in [0.4, 0.5) is 0 Å².